The molecule has 1 unspecified atom stereocenters. The van der Waals surface area contributed by atoms with Crippen molar-refractivity contribution in [3.05, 3.63) is 54.6 Å². The zero-order chi connectivity index (χ0) is 18.7. The summed E-state index contributed by atoms with van der Waals surface area (Å²) in [5, 5.41) is 0. The molecule has 1 aromatic heterocycles. The molecule has 0 saturated carbocycles. The number of esters is 1. The molecule has 4 atom stereocenters. The van der Waals surface area contributed by atoms with Crippen LogP contribution in [0.5, 0.6) is 0 Å². The molecule has 1 aliphatic heterocycles. The van der Waals surface area contributed by atoms with E-state index in [4.69, 9.17) is 13.7 Å². The number of ether oxygens (including phenoxy) is 2. The summed E-state index contributed by atoms with van der Waals surface area (Å²) >= 11 is 0. The SMILES string of the molecule is CC[C@H]1O[C@@H](OC(=O)c2ccccc2)C(OS(=O)(=O)n2ccnc2)[C@H]1C. The number of hydrogen-bond donors (Lipinski definition) is 0. The highest BCUT2D eigenvalue weighted by molar-refractivity contribution is 7.85. The molecule has 3 rings (SSSR count). The molecule has 2 heterocycles. The van der Waals surface area contributed by atoms with Crippen molar-refractivity contribution in [1.82, 2.24) is 8.96 Å². The van der Waals surface area contributed by atoms with Crippen LogP contribution in [-0.2, 0) is 24.0 Å². The fourth-order valence-electron chi connectivity index (χ4n) is 2.85. The Morgan fingerprint density at radius 2 is 2.04 bits per heavy atom. The lowest BCUT2D eigenvalue weighted by Gasteiger charge is -2.21. The quantitative estimate of drug-likeness (QED) is 0.707. The van der Waals surface area contributed by atoms with Crippen LogP contribution >= 0.6 is 0 Å². The van der Waals surface area contributed by atoms with Crippen molar-refractivity contribution in [3.63, 3.8) is 0 Å². The summed E-state index contributed by atoms with van der Waals surface area (Å²) < 4.78 is 42.1. The van der Waals surface area contributed by atoms with E-state index in [1.54, 1.807) is 37.3 Å². The average molecular weight is 380 g/mol. The second-order valence-electron chi connectivity index (χ2n) is 5.99. The van der Waals surface area contributed by atoms with E-state index in [-0.39, 0.29) is 12.0 Å². The minimum absolute atomic E-state index is 0.285. The van der Waals surface area contributed by atoms with E-state index in [9.17, 15) is 13.2 Å². The minimum atomic E-state index is -4.12. The van der Waals surface area contributed by atoms with Crippen LogP contribution in [-0.4, -0.2) is 41.8 Å². The average Bonchev–Trinajstić information content (AvgIpc) is 3.27. The molecule has 9 heteroatoms. The fraction of sp³-hybridized carbons (Fsp3) is 0.412. The molecule has 0 spiro atoms. The van der Waals surface area contributed by atoms with Gasteiger partial charge in [-0.2, -0.15) is 8.42 Å². The third kappa shape index (κ3) is 3.79. The van der Waals surface area contributed by atoms with Crippen LogP contribution in [0, 0.1) is 5.92 Å². The second kappa shape index (κ2) is 7.56. The predicted octanol–water partition coefficient (Wildman–Crippen LogP) is 1.99. The Morgan fingerprint density at radius 3 is 2.65 bits per heavy atom. The van der Waals surface area contributed by atoms with Crippen molar-refractivity contribution in [3.8, 4) is 0 Å². The van der Waals surface area contributed by atoms with Crippen LogP contribution in [0.3, 0.4) is 0 Å². The van der Waals surface area contributed by atoms with Crippen molar-refractivity contribution < 1.29 is 26.9 Å². The smallest absolute Gasteiger partial charge is 0.367 e. The first-order chi connectivity index (χ1) is 12.4. The maximum atomic E-state index is 12.4. The number of benzene rings is 1. The van der Waals surface area contributed by atoms with Gasteiger partial charge in [-0.05, 0) is 18.6 Å². The third-order valence-corrected chi connectivity index (χ3v) is 5.49. The van der Waals surface area contributed by atoms with E-state index < -0.39 is 28.7 Å². The van der Waals surface area contributed by atoms with E-state index in [0.717, 1.165) is 10.3 Å². The molecule has 140 valence electrons. The zero-order valence-corrected chi connectivity index (χ0v) is 15.2. The van der Waals surface area contributed by atoms with Crippen molar-refractivity contribution in [2.45, 2.75) is 38.8 Å². The highest BCUT2D eigenvalue weighted by Crippen LogP contribution is 2.33. The number of nitrogens with zero attached hydrogens (tertiary/aromatic N) is 2. The van der Waals surface area contributed by atoms with Gasteiger partial charge in [-0.3, -0.25) is 0 Å². The van der Waals surface area contributed by atoms with Gasteiger partial charge in [0.05, 0.1) is 11.7 Å². The monoisotopic (exact) mass is 380 g/mol. The van der Waals surface area contributed by atoms with Gasteiger partial charge >= 0.3 is 16.3 Å². The van der Waals surface area contributed by atoms with Crippen molar-refractivity contribution >= 4 is 16.3 Å². The van der Waals surface area contributed by atoms with Crippen LogP contribution in [0.15, 0.2) is 49.1 Å². The highest BCUT2D eigenvalue weighted by Gasteiger charge is 2.47. The van der Waals surface area contributed by atoms with Crippen molar-refractivity contribution in [2.75, 3.05) is 0 Å². The largest absolute Gasteiger partial charge is 0.429 e. The van der Waals surface area contributed by atoms with E-state index in [1.165, 1.54) is 12.4 Å². The number of imidazole rings is 1. The van der Waals surface area contributed by atoms with E-state index in [2.05, 4.69) is 4.98 Å². The summed E-state index contributed by atoms with van der Waals surface area (Å²) in [7, 11) is -4.12. The van der Waals surface area contributed by atoms with Crippen molar-refractivity contribution in [2.24, 2.45) is 5.92 Å². The summed E-state index contributed by atoms with van der Waals surface area (Å²) in [5.41, 5.74) is 0.347. The highest BCUT2D eigenvalue weighted by atomic mass is 32.2. The lowest BCUT2D eigenvalue weighted by atomic mass is 9.99. The zero-order valence-electron chi connectivity index (χ0n) is 14.4. The standard InChI is InChI=1S/C17H20N2O6S/c1-3-14-12(2)15(25-26(21,22)19-10-9-18-11-19)17(23-14)24-16(20)13-7-5-4-6-8-13/h4-12,14-15,17H,3H2,1-2H3/t12-,14+,15?,17-/m0/s1. The normalized spacial score (nSPS) is 25.9. The molecular formula is C17H20N2O6S. The third-order valence-electron chi connectivity index (χ3n) is 4.29. The Labute approximate surface area is 152 Å². The van der Waals surface area contributed by atoms with Gasteiger partial charge in [0, 0.05) is 18.3 Å². The van der Waals surface area contributed by atoms with Gasteiger partial charge in [0.1, 0.15) is 12.4 Å². The summed E-state index contributed by atoms with van der Waals surface area (Å²) in [6.07, 6.45) is 1.98. The van der Waals surface area contributed by atoms with Crippen LogP contribution in [0.1, 0.15) is 30.6 Å². The number of aromatic nitrogens is 2. The Bertz CT molecular complexity index is 837. The summed E-state index contributed by atoms with van der Waals surface area (Å²) in [6, 6.07) is 8.41. The molecule has 0 bridgehead atoms. The lowest BCUT2D eigenvalue weighted by molar-refractivity contribution is -0.128. The van der Waals surface area contributed by atoms with Gasteiger partial charge in [0.15, 0.2) is 0 Å². The number of rotatable bonds is 6. The molecule has 1 saturated heterocycles. The fourth-order valence-corrected chi connectivity index (χ4v) is 3.87. The van der Waals surface area contributed by atoms with E-state index in [1.807, 2.05) is 6.92 Å². The van der Waals surface area contributed by atoms with Crippen LogP contribution in [0.2, 0.25) is 0 Å². The molecular weight excluding hydrogens is 360 g/mol. The molecule has 1 aliphatic rings. The predicted molar refractivity (Wildman–Crippen MR) is 91.4 cm³/mol. The second-order valence-corrected chi connectivity index (χ2v) is 7.46. The molecule has 1 fully saturated rings. The summed E-state index contributed by atoms with van der Waals surface area (Å²) in [4.78, 5) is 16.0. The van der Waals surface area contributed by atoms with E-state index in [0.29, 0.717) is 12.0 Å². The van der Waals surface area contributed by atoms with Gasteiger partial charge in [0.2, 0.25) is 6.29 Å². The molecule has 0 radical (unpaired) electrons. The van der Waals surface area contributed by atoms with Crippen LogP contribution < -0.4 is 0 Å². The van der Waals surface area contributed by atoms with Gasteiger partial charge in [-0.15, -0.1) is 0 Å². The topological polar surface area (TPSA) is 96.7 Å². The Morgan fingerprint density at radius 1 is 1.31 bits per heavy atom. The first-order valence-corrected chi connectivity index (χ1v) is 9.62. The lowest BCUT2D eigenvalue weighted by Crippen LogP contribution is -2.36. The maximum Gasteiger partial charge on any atom is 0.367 e. The molecule has 0 amide bonds. The van der Waals surface area contributed by atoms with Gasteiger partial charge in [-0.25, -0.2) is 17.9 Å². The number of carbonyl (C=O) groups excluding carboxylic acids is 1. The van der Waals surface area contributed by atoms with Gasteiger partial charge < -0.3 is 9.47 Å². The molecule has 2 aromatic rings. The Kier molecular flexibility index (Phi) is 5.40. The summed E-state index contributed by atoms with van der Waals surface area (Å²) in [5.74, 6) is -0.889. The molecule has 0 N–H and O–H groups in total. The maximum absolute atomic E-state index is 12.4. The minimum Gasteiger partial charge on any atom is -0.429 e. The number of carbonyl (C=O) groups is 1. The number of hydrogen-bond acceptors (Lipinski definition) is 7. The van der Waals surface area contributed by atoms with Crippen LogP contribution in [0.25, 0.3) is 0 Å². The van der Waals surface area contributed by atoms with Crippen LogP contribution in [0.4, 0.5) is 0 Å². The first kappa shape index (κ1) is 18.6. The van der Waals surface area contributed by atoms with Crippen molar-refractivity contribution in [1.29, 1.82) is 0 Å². The Balaban J connectivity index is 1.79. The molecule has 8 nitrogen and oxygen atoms in total. The Hall–Kier alpha value is -2.23. The summed E-state index contributed by atoms with van der Waals surface area (Å²) in [6.45, 7) is 3.71. The van der Waals surface area contributed by atoms with Gasteiger partial charge in [-0.1, -0.05) is 32.0 Å². The van der Waals surface area contributed by atoms with Gasteiger partial charge in [0.25, 0.3) is 0 Å². The van der Waals surface area contributed by atoms with E-state index >= 15 is 0 Å². The molecule has 1 aromatic carbocycles. The first-order valence-electron chi connectivity index (χ1n) is 8.25. The molecule has 26 heavy (non-hydrogen) atoms. The molecule has 0 aliphatic carbocycles.